The van der Waals surface area contributed by atoms with Crippen molar-refractivity contribution < 1.29 is 14.0 Å². The van der Waals surface area contributed by atoms with Crippen LogP contribution in [0, 0.1) is 0 Å². The molecule has 0 saturated carbocycles. The number of benzene rings is 2. The quantitative estimate of drug-likeness (QED) is 0.450. The van der Waals surface area contributed by atoms with Crippen LogP contribution in [0.2, 0.25) is 0 Å². The van der Waals surface area contributed by atoms with Gasteiger partial charge in [0, 0.05) is 29.8 Å². The zero-order valence-electron chi connectivity index (χ0n) is 17.4. The van der Waals surface area contributed by atoms with Gasteiger partial charge in [-0.25, -0.2) is 4.98 Å². The summed E-state index contributed by atoms with van der Waals surface area (Å²) in [4.78, 5) is 28.9. The lowest BCUT2D eigenvalue weighted by Crippen LogP contribution is -2.10. The first-order valence-corrected chi connectivity index (χ1v) is 10.6. The van der Waals surface area contributed by atoms with Crippen LogP contribution in [0.3, 0.4) is 0 Å². The molecule has 0 unspecified atom stereocenters. The van der Waals surface area contributed by atoms with Crippen molar-refractivity contribution >= 4 is 28.4 Å². The van der Waals surface area contributed by atoms with Gasteiger partial charge in [-0.2, -0.15) is 0 Å². The highest BCUT2D eigenvalue weighted by atomic mass is 16.3. The Bertz CT molecular complexity index is 1280. The van der Waals surface area contributed by atoms with Gasteiger partial charge in [-0.1, -0.05) is 30.7 Å². The minimum atomic E-state index is -0.313. The molecule has 0 bridgehead atoms. The lowest BCUT2D eigenvalue weighted by molar-refractivity contribution is 0.0994. The van der Waals surface area contributed by atoms with Gasteiger partial charge in [0.1, 0.15) is 11.6 Å². The van der Waals surface area contributed by atoms with E-state index in [0.29, 0.717) is 17.0 Å². The normalized spacial score (nSPS) is 13.6. The maximum absolute atomic E-state index is 12.7. The molecule has 1 aliphatic heterocycles. The fourth-order valence-corrected chi connectivity index (χ4v) is 4.10. The molecule has 1 amide bonds. The lowest BCUT2D eigenvalue weighted by atomic mass is 10.1. The molecule has 6 nitrogen and oxygen atoms in total. The number of furan rings is 1. The van der Waals surface area contributed by atoms with E-state index >= 15 is 0 Å². The number of hydrogen-bond donors (Lipinski definition) is 1. The van der Waals surface area contributed by atoms with E-state index in [-0.39, 0.29) is 17.5 Å². The van der Waals surface area contributed by atoms with E-state index in [1.807, 2.05) is 30.3 Å². The molecule has 0 radical (unpaired) electrons. The number of aryl methyl sites for hydroxylation is 2. The van der Waals surface area contributed by atoms with Crippen molar-refractivity contribution in [3.63, 3.8) is 0 Å². The molecule has 4 aromatic rings. The van der Waals surface area contributed by atoms with Crippen LogP contribution in [0.5, 0.6) is 0 Å². The first kappa shape index (κ1) is 19.3. The molecule has 0 spiro atoms. The van der Waals surface area contributed by atoms with Crippen molar-refractivity contribution in [3.8, 4) is 11.3 Å². The number of fused-ring (bicyclic) bond motifs is 3. The van der Waals surface area contributed by atoms with Gasteiger partial charge in [-0.3, -0.25) is 9.59 Å². The number of nitrogens with zero attached hydrogens (tertiary/aromatic N) is 2. The molecule has 6 heteroatoms. The van der Waals surface area contributed by atoms with Crippen LogP contribution in [-0.2, 0) is 13.0 Å². The molecule has 31 heavy (non-hydrogen) atoms. The Morgan fingerprint density at radius 3 is 2.65 bits per heavy atom. The summed E-state index contributed by atoms with van der Waals surface area (Å²) < 4.78 is 8.05. The topological polar surface area (TPSA) is 77.1 Å². The summed E-state index contributed by atoms with van der Waals surface area (Å²) in [6.07, 6.45) is 4.59. The Morgan fingerprint density at radius 1 is 1.00 bits per heavy atom. The fraction of sp³-hybridized carbons (Fsp3) is 0.240. The number of amides is 1. The molecule has 2 aromatic carbocycles. The lowest BCUT2D eigenvalue weighted by Gasteiger charge is -2.06. The third-order valence-electron chi connectivity index (χ3n) is 5.77. The predicted octanol–water partition coefficient (Wildman–Crippen LogP) is 5.48. The fourth-order valence-electron chi connectivity index (χ4n) is 4.10. The number of nitrogens with one attached hydrogen (secondary N) is 1. The van der Waals surface area contributed by atoms with Crippen molar-refractivity contribution in [1.29, 1.82) is 0 Å². The highest BCUT2D eigenvalue weighted by Gasteiger charge is 2.16. The van der Waals surface area contributed by atoms with Crippen LogP contribution in [-0.4, -0.2) is 21.2 Å². The average Bonchev–Trinajstić information content (AvgIpc) is 3.32. The van der Waals surface area contributed by atoms with Gasteiger partial charge in [0.15, 0.2) is 11.5 Å². The molecule has 0 atom stereocenters. The summed E-state index contributed by atoms with van der Waals surface area (Å²) in [6.45, 7) is 2.53. The Morgan fingerprint density at radius 2 is 1.84 bits per heavy atom. The van der Waals surface area contributed by atoms with Gasteiger partial charge in [-0.05, 0) is 50.1 Å². The van der Waals surface area contributed by atoms with Crippen LogP contribution in [0.1, 0.15) is 52.9 Å². The van der Waals surface area contributed by atoms with Crippen molar-refractivity contribution in [3.05, 3.63) is 71.7 Å². The number of imidazole rings is 1. The number of hydrogen-bond acceptors (Lipinski definition) is 4. The minimum Gasteiger partial charge on any atom is -0.451 e. The maximum atomic E-state index is 12.7. The van der Waals surface area contributed by atoms with Crippen LogP contribution < -0.4 is 5.32 Å². The van der Waals surface area contributed by atoms with Gasteiger partial charge < -0.3 is 14.3 Å². The van der Waals surface area contributed by atoms with E-state index in [9.17, 15) is 9.59 Å². The van der Waals surface area contributed by atoms with Gasteiger partial charge in [0.2, 0.25) is 0 Å². The molecule has 1 aliphatic rings. The van der Waals surface area contributed by atoms with Crippen molar-refractivity contribution in [1.82, 2.24) is 9.55 Å². The SMILES string of the molecule is CC(=O)c1ccc(-c2ccc(C(=O)Nc3ccc4c(c3)nc3n4CCCCC3)o2)cc1. The largest absolute Gasteiger partial charge is 0.451 e. The third-order valence-corrected chi connectivity index (χ3v) is 5.77. The zero-order valence-corrected chi connectivity index (χ0v) is 17.4. The number of aromatic nitrogens is 2. The number of rotatable bonds is 4. The highest BCUT2D eigenvalue weighted by molar-refractivity contribution is 6.03. The van der Waals surface area contributed by atoms with Crippen LogP contribution in [0.15, 0.2) is 59.0 Å². The predicted molar refractivity (Wildman–Crippen MR) is 119 cm³/mol. The van der Waals surface area contributed by atoms with Crippen LogP contribution in [0.4, 0.5) is 5.69 Å². The Labute approximate surface area is 179 Å². The number of Topliss-reactive ketones (excluding diaryl/α,β-unsaturated/α-hetero) is 1. The Kier molecular flexibility index (Phi) is 4.90. The van der Waals surface area contributed by atoms with E-state index in [0.717, 1.165) is 35.4 Å². The van der Waals surface area contributed by atoms with E-state index in [2.05, 4.69) is 9.88 Å². The molecule has 3 heterocycles. The first-order valence-electron chi connectivity index (χ1n) is 10.6. The smallest absolute Gasteiger partial charge is 0.291 e. The Balaban J connectivity index is 1.34. The molecule has 0 saturated heterocycles. The molecular formula is C25H23N3O3. The zero-order chi connectivity index (χ0) is 21.4. The third kappa shape index (κ3) is 3.77. The van der Waals surface area contributed by atoms with E-state index in [1.54, 1.807) is 24.3 Å². The summed E-state index contributed by atoms with van der Waals surface area (Å²) in [5.74, 6) is 1.63. The molecule has 0 fully saturated rings. The maximum Gasteiger partial charge on any atom is 0.291 e. The molecule has 1 N–H and O–H groups in total. The van der Waals surface area contributed by atoms with Gasteiger partial charge in [-0.15, -0.1) is 0 Å². The second-order valence-electron chi connectivity index (χ2n) is 7.95. The summed E-state index contributed by atoms with van der Waals surface area (Å²) in [5, 5.41) is 2.91. The summed E-state index contributed by atoms with van der Waals surface area (Å²) in [5.41, 5.74) is 4.16. The Hall–Kier alpha value is -3.67. The molecular weight excluding hydrogens is 390 g/mol. The number of carbonyl (C=O) groups excluding carboxylic acids is 2. The van der Waals surface area contributed by atoms with Gasteiger partial charge >= 0.3 is 0 Å². The van der Waals surface area contributed by atoms with Crippen LogP contribution in [0.25, 0.3) is 22.4 Å². The second kappa shape index (κ2) is 7.87. The van der Waals surface area contributed by atoms with Crippen LogP contribution >= 0.6 is 0 Å². The van der Waals surface area contributed by atoms with Gasteiger partial charge in [0.05, 0.1) is 11.0 Å². The number of anilines is 1. The highest BCUT2D eigenvalue weighted by Crippen LogP contribution is 2.26. The molecule has 2 aromatic heterocycles. The molecule has 156 valence electrons. The van der Waals surface area contributed by atoms with Crippen molar-refractivity contribution in [2.75, 3.05) is 5.32 Å². The van der Waals surface area contributed by atoms with Crippen molar-refractivity contribution in [2.45, 2.75) is 39.2 Å². The average molecular weight is 413 g/mol. The standard InChI is InChI=1S/C25H23N3O3/c1-16(29)17-6-8-18(9-7-17)22-12-13-23(31-22)25(30)26-19-10-11-21-20(15-19)27-24-5-3-2-4-14-28(21)24/h6-13,15H,2-5,14H2,1H3,(H,26,30). The van der Waals surface area contributed by atoms with E-state index < -0.39 is 0 Å². The van der Waals surface area contributed by atoms with Crippen molar-refractivity contribution in [2.24, 2.45) is 0 Å². The number of carbonyl (C=O) groups is 2. The molecule has 5 rings (SSSR count). The summed E-state index contributed by atoms with van der Waals surface area (Å²) in [7, 11) is 0. The van der Waals surface area contributed by atoms with E-state index in [1.165, 1.54) is 26.2 Å². The monoisotopic (exact) mass is 413 g/mol. The second-order valence-corrected chi connectivity index (χ2v) is 7.95. The summed E-state index contributed by atoms with van der Waals surface area (Å²) >= 11 is 0. The number of ketones is 1. The molecule has 0 aliphatic carbocycles. The van der Waals surface area contributed by atoms with Gasteiger partial charge in [0.25, 0.3) is 5.91 Å². The van der Waals surface area contributed by atoms with E-state index in [4.69, 9.17) is 9.40 Å². The minimum absolute atomic E-state index is 0.0113. The first-order chi connectivity index (χ1) is 15.1. The summed E-state index contributed by atoms with van der Waals surface area (Å²) in [6, 6.07) is 16.4.